The van der Waals surface area contributed by atoms with E-state index in [0.29, 0.717) is 18.8 Å². The Labute approximate surface area is 124 Å². The zero-order valence-electron chi connectivity index (χ0n) is 12.7. The van der Waals surface area contributed by atoms with Gasteiger partial charge in [0, 0.05) is 19.1 Å². The standard InChI is InChI=1S/C15H22N2O4/c1-15(2,3)21-14(19)16-11-6-4-8-17(10-11)13(18)12-7-5-9-20-12/h5,7,9,11H,4,6,8,10H2,1-3H3,(H,16,19)/t11-/m1/s1. The van der Waals surface area contributed by atoms with Crippen molar-refractivity contribution in [2.75, 3.05) is 13.1 Å². The Bertz CT molecular complexity index is 490. The molecule has 2 amide bonds. The highest BCUT2D eigenvalue weighted by Gasteiger charge is 2.28. The van der Waals surface area contributed by atoms with Crippen molar-refractivity contribution in [1.82, 2.24) is 10.2 Å². The molecule has 1 saturated heterocycles. The number of amides is 2. The lowest BCUT2D eigenvalue weighted by Gasteiger charge is -2.33. The minimum Gasteiger partial charge on any atom is -0.459 e. The summed E-state index contributed by atoms with van der Waals surface area (Å²) >= 11 is 0. The molecule has 0 radical (unpaired) electrons. The first-order valence-electron chi connectivity index (χ1n) is 7.17. The lowest BCUT2D eigenvalue weighted by atomic mass is 10.1. The quantitative estimate of drug-likeness (QED) is 0.909. The highest BCUT2D eigenvalue weighted by molar-refractivity contribution is 5.91. The first-order chi connectivity index (χ1) is 9.85. The van der Waals surface area contributed by atoms with Crippen LogP contribution in [0.4, 0.5) is 4.79 Å². The second-order valence-corrected chi connectivity index (χ2v) is 6.21. The molecule has 1 aliphatic heterocycles. The summed E-state index contributed by atoms with van der Waals surface area (Å²) in [7, 11) is 0. The Morgan fingerprint density at radius 2 is 2.19 bits per heavy atom. The third kappa shape index (κ3) is 4.51. The van der Waals surface area contributed by atoms with Gasteiger partial charge in [0.25, 0.3) is 5.91 Å². The Balaban J connectivity index is 1.89. The number of carbonyl (C=O) groups excluding carboxylic acids is 2. The lowest BCUT2D eigenvalue weighted by Crippen LogP contribution is -2.50. The summed E-state index contributed by atoms with van der Waals surface area (Å²) in [6.07, 6.45) is 2.71. The molecule has 1 aromatic rings. The predicted octanol–water partition coefficient (Wildman–Crippen LogP) is 2.41. The number of nitrogens with zero attached hydrogens (tertiary/aromatic N) is 1. The molecule has 21 heavy (non-hydrogen) atoms. The van der Waals surface area contributed by atoms with Gasteiger partial charge in [0.05, 0.1) is 6.26 Å². The largest absolute Gasteiger partial charge is 0.459 e. The van der Waals surface area contributed by atoms with Crippen LogP contribution >= 0.6 is 0 Å². The first kappa shape index (κ1) is 15.4. The maximum atomic E-state index is 12.2. The zero-order valence-corrected chi connectivity index (χ0v) is 12.7. The van der Waals surface area contributed by atoms with E-state index in [1.54, 1.807) is 17.0 Å². The molecule has 1 fully saturated rings. The third-order valence-electron chi connectivity index (χ3n) is 3.16. The van der Waals surface area contributed by atoms with Gasteiger partial charge in [-0.1, -0.05) is 0 Å². The van der Waals surface area contributed by atoms with Gasteiger partial charge >= 0.3 is 6.09 Å². The molecule has 0 aliphatic carbocycles. The van der Waals surface area contributed by atoms with Crippen LogP contribution in [0.15, 0.2) is 22.8 Å². The molecule has 0 bridgehead atoms. The van der Waals surface area contributed by atoms with E-state index in [4.69, 9.17) is 9.15 Å². The Morgan fingerprint density at radius 1 is 1.43 bits per heavy atom. The molecular formula is C15H22N2O4. The fraction of sp³-hybridized carbons (Fsp3) is 0.600. The number of nitrogens with one attached hydrogen (secondary N) is 1. The second-order valence-electron chi connectivity index (χ2n) is 6.21. The molecule has 2 rings (SSSR count). The monoisotopic (exact) mass is 294 g/mol. The summed E-state index contributed by atoms with van der Waals surface area (Å²) < 4.78 is 10.4. The van der Waals surface area contributed by atoms with Crippen LogP contribution in [0.5, 0.6) is 0 Å². The van der Waals surface area contributed by atoms with E-state index in [2.05, 4.69) is 5.32 Å². The summed E-state index contributed by atoms with van der Waals surface area (Å²) in [6.45, 7) is 6.60. The van der Waals surface area contributed by atoms with Gasteiger partial charge in [0.15, 0.2) is 5.76 Å². The van der Waals surface area contributed by atoms with Crippen molar-refractivity contribution in [1.29, 1.82) is 0 Å². The summed E-state index contributed by atoms with van der Waals surface area (Å²) in [5, 5.41) is 2.82. The summed E-state index contributed by atoms with van der Waals surface area (Å²) in [4.78, 5) is 25.7. The lowest BCUT2D eigenvalue weighted by molar-refractivity contribution is 0.0447. The topological polar surface area (TPSA) is 71.8 Å². The minimum absolute atomic E-state index is 0.0903. The number of furan rings is 1. The number of carbonyl (C=O) groups is 2. The van der Waals surface area contributed by atoms with Crippen LogP contribution in [-0.2, 0) is 4.74 Å². The van der Waals surface area contributed by atoms with Gasteiger partial charge in [-0.15, -0.1) is 0 Å². The molecular weight excluding hydrogens is 272 g/mol. The van der Waals surface area contributed by atoms with Crippen molar-refractivity contribution in [3.05, 3.63) is 24.2 Å². The van der Waals surface area contributed by atoms with E-state index in [0.717, 1.165) is 12.8 Å². The first-order valence-corrected chi connectivity index (χ1v) is 7.17. The van der Waals surface area contributed by atoms with E-state index in [1.165, 1.54) is 6.26 Å². The van der Waals surface area contributed by atoms with Crippen molar-refractivity contribution in [2.24, 2.45) is 0 Å². The fourth-order valence-corrected chi connectivity index (χ4v) is 2.31. The van der Waals surface area contributed by atoms with Gasteiger partial charge in [-0.05, 0) is 45.7 Å². The van der Waals surface area contributed by atoms with Crippen molar-refractivity contribution in [3.63, 3.8) is 0 Å². The third-order valence-corrected chi connectivity index (χ3v) is 3.16. The molecule has 1 aromatic heterocycles. The van der Waals surface area contributed by atoms with Gasteiger partial charge in [0.2, 0.25) is 0 Å². The van der Waals surface area contributed by atoms with Crippen LogP contribution in [0.2, 0.25) is 0 Å². The smallest absolute Gasteiger partial charge is 0.407 e. The Hall–Kier alpha value is -1.98. The number of likely N-dealkylation sites (tertiary alicyclic amines) is 1. The van der Waals surface area contributed by atoms with Gasteiger partial charge in [-0.3, -0.25) is 4.79 Å². The molecule has 2 heterocycles. The molecule has 0 aromatic carbocycles. The highest BCUT2D eigenvalue weighted by Crippen LogP contribution is 2.15. The SMILES string of the molecule is CC(C)(C)OC(=O)N[C@@H]1CCCN(C(=O)c2ccco2)C1. The van der Waals surface area contributed by atoms with Gasteiger partial charge in [-0.25, -0.2) is 4.79 Å². The van der Waals surface area contributed by atoms with Crippen LogP contribution in [0.25, 0.3) is 0 Å². The Kier molecular flexibility index (Phi) is 4.55. The van der Waals surface area contributed by atoms with Crippen LogP contribution < -0.4 is 5.32 Å². The van der Waals surface area contributed by atoms with Crippen molar-refractivity contribution in [2.45, 2.75) is 45.3 Å². The summed E-state index contributed by atoms with van der Waals surface area (Å²) in [5.41, 5.74) is -0.525. The van der Waals surface area contributed by atoms with E-state index >= 15 is 0 Å². The van der Waals surface area contributed by atoms with E-state index in [-0.39, 0.29) is 11.9 Å². The average molecular weight is 294 g/mol. The normalized spacial score (nSPS) is 19.2. The summed E-state index contributed by atoms with van der Waals surface area (Å²) in [6, 6.07) is 3.24. The number of rotatable bonds is 2. The number of piperidine rings is 1. The molecule has 1 N–H and O–H groups in total. The maximum Gasteiger partial charge on any atom is 0.407 e. The van der Waals surface area contributed by atoms with Crippen LogP contribution in [-0.4, -0.2) is 41.6 Å². The maximum absolute atomic E-state index is 12.2. The number of hydrogen-bond acceptors (Lipinski definition) is 4. The van der Waals surface area contributed by atoms with Gasteiger partial charge in [0.1, 0.15) is 5.60 Å². The van der Waals surface area contributed by atoms with Crippen molar-refractivity contribution in [3.8, 4) is 0 Å². The average Bonchev–Trinajstić information content (AvgIpc) is 2.89. The van der Waals surface area contributed by atoms with Gasteiger partial charge < -0.3 is 19.4 Å². The predicted molar refractivity (Wildman–Crippen MR) is 77.0 cm³/mol. The molecule has 6 heteroatoms. The van der Waals surface area contributed by atoms with Crippen LogP contribution in [0, 0.1) is 0 Å². The van der Waals surface area contributed by atoms with Crippen LogP contribution in [0.1, 0.15) is 44.2 Å². The molecule has 1 atom stereocenters. The molecule has 116 valence electrons. The van der Waals surface area contributed by atoms with Crippen molar-refractivity contribution >= 4 is 12.0 Å². The van der Waals surface area contributed by atoms with E-state index < -0.39 is 11.7 Å². The van der Waals surface area contributed by atoms with Crippen molar-refractivity contribution < 1.29 is 18.7 Å². The minimum atomic E-state index is -0.525. The fourth-order valence-electron chi connectivity index (χ4n) is 2.31. The highest BCUT2D eigenvalue weighted by atomic mass is 16.6. The summed E-state index contributed by atoms with van der Waals surface area (Å²) in [5.74, 6) is 0.184. The number of alkyl carbamates (subject to hydrolysis) is 1. The number of ether oxygens (including phenoxy) is 1. The Morgan fingerprint density at radius 3 is 2.81 bits per heavy atom. The molecule has 0 unspecified atom stereocenters. The molecule has 6 nitrogen and oxygen atoms in total. The molecule has 0 saturated carbocycles. The molecule has 1 aliphatic rings. The second kappa shape index (κ2) is 6.20. The number of hydrogen-bond donors (Lipinski definition) is 1. The zero-order chi connectivity index (χ0) is 15.5. The van der Waals surface area contributed by atoms with Gasteiger partial charge in [-0.2, -0.15) is 0 Å². The van der Waals surface area contributed by atoms with Crippen LogP contribution in [0.3, 0.4) is 0 Å². The van der Waals surface area contributed by atoms with E-state index in [1.807, 2.05) is 20.8 Å². The van der Waals surface area contributed by atoms with E-state index in [9.17, 15) is 9.59 Å². The molecule has 0 spiro atoms.